The molecule has 0 bridgehead atoms. The van der Waals surface area contributed by atoms with E-state index in [1.807, 2.05) is 30.3 Å². The number of para-hydroxylation sites is 1. The minimum Gasteiger partial charge on any atom is -0.461 e. The number of benzene rings is 1. The molecule has 2 aromatic rings. The van der Waals surface area contributed by atoms with E-state index in [4.69, 9.17) is 4.74 Å². The highest BCUT2D eigenvalue weighted by molar-refractivity contribution is 5.29. The number of hydrogen-bond donors (Lipinski definition) is 1. The standard InChI is InChI=1S/C14H18N4O/c1-2-4-13(5-3-1)18-11-16-14(17-18)19-9-8-15-10-12-6-7-12/h1-5,11-12,15H,6-10H2. The van der Waals surface area contributed by atoms with Crippen LogP contribution in [0.5, 0.6) is 6.01 Å². The molecule has 0 amide bonds. The van der Waals surface area contributed by atoms with Crippen molar-refractivity contribution in [2.45, 2.75) is 12.8 Å². The Balaban J connectivity index is 1.45. The second kappa shape index (κ2) is 5.84. The zero-order valence-electron chi connectivity index (χ0n) is 10.8. The highest BCUT2D eigenvalue weighted by Gasteiger charge is 2.19. The Hall–Kier alpha value is -1.88. The number of hydrogen-bond acceptors (Lipinski definition) is 4. The van der Waals surface area contributed by atoms with Crippen LogP contribution in [-0.4, -0.2) is 34.5 Å². The van der Waals surface area contributed by atoms with Crippen LogP contribution in [0.3, 0.4) is 0 Å². The van der Waals surface area contributed by atoms with Gasteiger partial charge >= 0.3 is 6.01 Å². The summed E-state index contributed by atoms with van der Waals surface area (Å²) >= 11 is 0. The predicted octanol–water partition coefficient (Wildman–Crippen LogP) is 1.65. The van der Waals surface area contributed by atoms with E-state index in [0.29, 0.717) is 12.6 Å². The summed E-state index contributed by atoms with van der Waals surface area (Å²) in [6.07, 6.45) is 4.41. The lowest BCUT2D eigenvalue weighted by atomic mass is 10.3. The normalized spacial score (nSPS) is 14.5. The van der Waals surface area contributed by atoms with Crippen LogP contribution in [0.2, 0.25) is 0 Å². The lowest BCUT2D eigenvalue weighted by Crippen LogP contribution is -2.23. The van der Waals surface area contributed by atoms with Crippen molar-refractivity contribution >= 4 is 0 Å². The van der Waals surface area contributed by atoms with E-state index < -0.39 is 0 Å². The van der Waals surface area contributed by atoms with Gasteiger partial charge in [0.05, 0.1) is 5.69 Å². The fourth-order valence-corrected chi connectivity index (χ4v) is 1.86. The minimum atomic E-state index is 0.428. The maximum atomic E-state index is 5.50. The zero-order valence-corrected chi connectivity index (χ0v) is 10.8. The summed E-state index contributed by atoms with van der Waals surface area (Å²) in [5, 5.41) is 7.65. The van der Waals surface area contributed by atoms with E-state index in [-0.39, 0.29) is 0 Å². The maximum absolute atomic E-state index is 5.50. The molecular formula is C14H18N4O. The van der Waals surface area contributed by atoms with Crippen molar-refractivity contribution in [3.05, 3.63) is 36.7 Å². The van der Waals surface area contributed by atoms with Crippen LogP contribution in [0.15, 0.2) is 36.7 Å². The van der Waals surface area contributed by atoms with Crippen LogP contribution >= 0.6 is 0 Å². The molecule has 100 valence electrons. The Morgan fingerprint density at radius 3 is 2.89 bits per heavy atom. The molecule has 1 heterocycles. The second-order valence-corrected chi connectivity index (χ2v) is 4.80. The maximum Gasteiger partial charge on any atom is 0.335 e. The van der Waals surface area contributed by atoms with Gasteiger partial charge in [-0.3, -0.25) is 0 Å². The van der Waals surface area contributed by atoms with Crippen LogP contribution in [0, 0.1) is 5.92 Å². The number of aromatic nitrogens is 3. The average molecular weight is 258 g/mol. The van der Waals surface area contributed by atoms with Gasteiger partial charge in [-0.15, -0.1) is 5.10 Å². The van der Waals surface area contributed by atoms with Crippen molar-refractivity contribution < 1.29 is 4.74 Å². The molecule has 5 heteroatoms. The van der Waals surface area contributed by atoms with Gasteiger partial charge in [0, 0.05) is 6.54 Å². The second-order valence-electron chi connectivity index (χ2n) is 4.80. The fourth-order valence-electron chi connectivity index (χ4n) is 1.86. The van der Waals surface area contributed by atoms with Gasteiger partial charge < -0.3 is 10.1 Å². The van der Waals surface area contributed by atoms with Gasteiger partial charge in [-0.2, -0.15) is 4.98 Å². The molecule has 1 saturated carbocycles. The van der Waals surface area contributed by atoms with Crippen LogP contribution in [0.25, 0.3) is 5.69 Å². The molecule has 0 atom stereocenters. The molecule has 1 aromatic carbocycles. The summed E-state index contributed by atoms with van der Waals surface area (Å²) in [6, 6.07) is 10.3. The van der Waals surface area contributed by atoms with Gasteiger partial charge in [0.1, 0.15) is 12.9 Å². The molecule has 3 rings (SSSR count). The number of nitrogens with one attached hydrogen (secondary N) is 1. The van der Waals surface area contributed by atoms with Gasteiger partial charge in [0.25, 0.3) is 0 Å². The van der Waals surface area contributed by atoms with Crippen LogP contribution in [0.4, 0.5) is 0 Å². The summed E-state index contributed by atoms with van der Waals surface area (Å²) in [5.74, 6) is 0.899. The highest BCUT2D eigenvalue weighted by atomic mass is 16.5. The van der Waals surface area contributed by atoms with Crippen molar-refractivity contribution in [2.24, 2.45) is 5.92 Å². The molecule has 1 fully saturated rings. The van der Waals surface area contributed by atoms with Gasteiger partial charge in [-0.1, -0.05) is 18.2 Å². The molecule has 0 spiro atoms. The van der Waals surface area contributed by atoms with Crippen molar-refractivity contribution in [2.75, 3.05) is 19.7 Å². The number of rotatable bonds is 7. The van der Waals surface area contributed by atoms with Crippen molar-refractivity contribution in [3.63, 3.8) is 0 Å². The van der Waals surface area contributed by atoms with E-state index in [9.17, 15) is 0 Å². The van der Waals surface area contributed by atoms with Crippen molar-refractivity contribution in [1.82, 2.24) is 20.1 Å². The molecule has 1 aliphatic carbocycles. The van der Waals surface area contributed by atoms with Crippen molar-refractivity contribution in [3.8, 4) is 11.7 Å². The first kappa shape index (κ1) is 12.2. The fraction of sp³-hybridized carbons (Fsp3) is 0.429. The lowest BCUT2D eigenvalue weighted by molar-refractivity contribution is 0.289. The number of ether oxygens (including phenoxy) is 1. The van der Waals surface area contributed by atoms with Crippen LogP contribution in [-0.2, 0) is 0 Å². The molecule has 19 heavy (non-hydrogen) atoms. The lowest BCUT2D eigenvalue weighted by Gasteiger charge is -2.03. The van der Waals surface area contributed by atoms with Gasteiger partial charge in [0.2, 0.25) is 0 Å². The first-order chi connectivity index (χ1) is 9.42. The topological polar surface area (TPSA) is 52.0 Å². The Bertz CT molecular complexity index is 507. The van der Waals surface area contributed by atoms with Gasteiger partial charge in [0.15, 0.2) is 0 Å². The molecule has 1 aliphatic rings. The van der Waals surface area contributed by atoms with Crippen LogP contribution in [0.1, 0.15) is 12.8 Å². The first-order valence-corrected chi connectivity index (χ1v) is 6.72. The monoisotopic (exact) mass is 258 g/mol. The molecule has 0 radical (unpaired) electrons. The van der Waals surface area contributed by atoms with E-state index in [2.05, 4.69) is 15.4 Å². The van der Waals surface area contributed by atoms with Crippen LogP contribution < -0.4 is 10.1 Å². The van der Waals surface area contributed by atoms with E-state index >= 15 is 0 Å². The molecule has 0 unspecified atom stereocenters. The Labute approximate surface area is 112 Å². The Morgan fingerprint density at radius 2 is 2.11 bits per heavy atom. The Kier molecular flexibility index (Phi) is 3.74. The smallest absolute Gasteiger partial charge is 0.335 e. The summed E-state index contributed by atoms with van der Waals surface area (Å²) in [5.41, 5.74) is 0.983. The third-order valence-electron chi connectivity index (χ3n) is 3.13. The molecule has 0 aliphatic heterocycles. The molecule has 1 N–H and O–H groups in total. The summed E-state index contributed by atoms with van der Waals surface area (Å²) in [7, 11) is 0. The van der Waals surface area contributed by atoms with E-state index in [1.165, 1.54) is 12.8 Å². The van der Waals surface area contributed by atoms with Gasteiger partial charge in [-0.25, -0.2) is 4.68 Å². The van der Waals surface area contributed by atoms with Gasteiger partial charge in [-0.05, 0) is 37.4 Å². The largest absolute Gasteiger partial charge is 0.461 e. The van der Waals surface area contributed by atoms with E-state index in [1.54, 1.807) is 11.0 Å². The number of nitrogens with zero attached hydrogens (tertiary/aromatic N) is 3. The predicted molar refractivity (Wildman–Crippen MR) is 72.4 cm³/mol. The van der Waals surface area contributed by atoms with E-state index in [0.717, 1.165) is 24.7 Å². The summed E-state index contributed by atoms with van der Waals surface area (Å²) in [6.45, 7) is 2.55. The zero-order chi connectivity index (χ0) is 12.9. The quantitative estimate of drug-likeness (QED) is 0.767. The molecule has 0 saturated heterocycles. The first-order valence-electron chi connectivity index (χ1n) is 6.72. The highest BCUT2D eigenvalue weighted by Crippen LogP contribution is 2.27. The Morgan fingerprint density at radius 1 is 1.26 bits per heavy atom. The third kappa shape index (κ3) is 3.54. The minimum absolute atomic E-state index is 0.428. The summed E-state index contributed by atoms with van der Waals surface area (Å²) in [4.78, 5) is 4.14. The summed E-state index contributed by atoms with van der Waals surface area (Å²) < 4.78 is 7.22. The molecule has 5 nitrogen and oxygen atoms in total. The third-order valence-corrected chi connectivity index (χ3v) is 3.13. The van der Waals surface area contributed by atoms with Crippen molar-refractivity contribution in [1.29, 1.82) is 0 Å². The molecule has 1 aromatic heterocycles. The SMILES string of the molecule is c1ccc(-n2cnc(OCCNCC3CC3)n2)cc1. The average Bonchev–Trinajstić information content (AvgIpc) is 3.16. The molecular weight excluding hydrogens is 240 g/mol.